The molecule has 3 heteroatoms. The van der Waals surface area contributed by atoms with E-state index >= 15 is 0 Å². The molecule has 2 rings (SSSR count). The zero-order valence-corrected chi connectivity index (χ0v) is 7.96. The van der Waals surface area contributed by atoms with Crippen LogP contribution in [0.3, 0.4) is 0 Å². The maximum atomic E-state index is 11.7. The highest BCUT2D eigenvalue weighted by Gasteiger charge is 2.66. The number of Topliss-reactive ketones (excluding diaryl/α,β-unsaturated/α-hetero) is 1. The third-order valence-electron chi connectivity index (χ3n) is 4.11. The van der Waals surface area contributed by atoms with Gasteiger partial charge in [0.15, 0.2) is 0 Å². The molecular weight excluding hydrogens is 168 g/mol. The molecule has 0 aromatic heterocycles. The van der Waals surface area contributed by atoms with Crippen molar-refractivity contribution < 1.29 is 14.7 Å². The number of fused-ring (bicyclic) bond motifs is 2. The van der Waals surface area contributed by atoms with Crippen LogP contribution in [0, 0.1) is 16.7 Å². The summed E-state index contributed by atoms with van der Waals surface area (Å²) in [5, 5.41) is 9.19. The zero-order chi connectivity index (χ0) is 9.85. The Bertz CT molecular complexity index is 293. The highest BCUT2D eigenvalue weighted by molar-refractivity contribution is 5.97. The monoisotopic (exact) mass is 182 g/mol. The van der Waals surface area contributed by atoms with Gasteiger partial charge in [0.05, 0.1) is 5.41 Å². The number of carbonyl (C=O) groups excluding carboxylic acids is 1. The third-order valence-corrected chi connectivity index (χ3v) is 4.11. The van der Waals surface area contributed by atoms with Gasteiger partial charge in [0.1, 0.15) is 5.78 Å². The maximum absolute atomic E-state index is 11.7. The first-order chi connectivity index (χ1) is 5.92. The fourth-order valence-corrected chi connectivity index (χ4v) is 3.04. The Kier molecular flexibility index (Phi) is 1.44. The summed E-state index contributed by atoms with van der Waals surface area (Å²) in [7, 11) is 0. The van der Waals surface area contributed by atoms with Crippen molar-refractivity contribution in [3.63, 3.8) is 0 Å². The standard InChI is InChI=1S/C10H14O3/c1-9(2)7(11)6-3-4-10(9,5-6)8(12)13/h6H,3-5H2,1-2H3,(H,12,13)/t6-,10-/m0/s1. The molecule has 0 aromatic rings. The van der Waals surface area contributed by atoms with Crippen molar-refractivity contribution in [2.45, 2.75) is 33.1 Å². The molecule has 2 aliphatic carbocycles. The van der Waals surface area contributed by atoms with E-state index in [1.807, 2.05) is 0 Å². The molecule has 2 atom stereocenters. The zero-order valence-electron chi connectivity index (χ0n) is 7.96. The Morgan fingerprint density at radius 3 is 2.46 bits per heavy atom. The first-order valence-corrected chi connectivity index (χ1v) is 4.69. The van der Waals surface area contributed by atoms with E-state index in [0.717, 1.165) is 6.42 Å². The van der Waals surface area contributed by atoms with E-state index in [4.69, 9.17) is 0 Å². The molecule has 3 nitrogen and oxygen atoms in total. The maximum Gasteiger partial charge on any atom is 0.310 e. The normalized spacial score (nSPS) is 41.1. The van der Waals surface area contributed by atoms with Crippen LogP contribution in [0.2, 0.25) is 0 Å². The van der Waals surface area contributed by atoms with Crippen LogP contribution >= 0.6 is 0 Å². The van der Waals surface area contributed by atoms with E-state index in [2.05, 4.69) is 0 Å². The molecule has 13 heavy (non-hydrogen) atoms. The van der Waals surface area contributed by atoms with Gasteiger partial charge in [0, 0.05) is 11.3 Å². The van der Waals surface area contributed by atoms with E-state index < -0.39 is 16.8 Å². The molecule has 0 amide bonds. The highest BCUT2D eigenvalue weighted by atomic mass is 16.4. The van der Waals surface area contributed by atoms with Gasteiger partial charge in [-0.15, -0.1) is 0 Å². The molecule has 0 saturated heterocycles. The molecule has 0 aliphatic heterocycles. The molecule has 72 valence electrons. The van der Waals surface area contributed by atoms with Crippen molar-refractivity contribution in [1.29, 1.82) is 0 Å². The lowest BCUT2D eigenvalue weighted by Gasteiger charge is -2.36. The number of aliphatic carboxylic acids is 1. The smallest absolute Gasteiger partial charge is 0.310 e. The Balaban J connectivity index is 2.50. The van der Waals surface area contributed by atoms with Crippen molar-refractivity contribution in [1.82, 2.24) is 0 Å². The fourth-order valence-electron chi connectivity index (χ4n) is 3.04. The molecule has 0 unspecified atom stereocenters. The minimum atomic E-state index is -0.786. The molecule has 2 fully saturated rings. The summed E-state index contributed by atoms with van der Waals surface area (Å²) < 4.78 is 0. The van der Waals surface area contributed by atoms with Crippen molar-refractivity contribution in [3.05, 3.63) is 0 Å². The van der Waals surface area contributed by atoms with Crippen molar-refractivity contribution in [2.24, 2.45) is 16.7 Å². The second-order valence-corrected chi connectivity index (χ2v) is 4.82. The average Bonchev–Trinajstić information content (AvgIpc) is 2.53. The summed E-state index contributed by atoms with van der Waals surface area (Å²) in [6, 6.07) is 0. The van der Waals surface area contributed by atoms with Crippen LogP contribution in [0.5, 0.6) is 0 Å². The quantitative estimate of drug-likeness (QED) is 0.668. The van der Waals surface area contributed by atoms with Crippen LogP contribution in [0.1, 0.15) is 33.1 Å². The average molecular weight is 182 g/mol. The number of carboxylic acids is 1. The molecule has 0 radical (unpaired) electrons. The molecule has 0 aromatic carbocycles. The van der Waals surface area contributed by atoms with E-state index in [0.29, 0.717) is 12.8 Å². The second kappa shape index (κ2) is 2.14. The van der Waals surface area contributed by atoms with Gasteiger partial charge < -0.3 is 5.11 Å². The number of hydrogen-bond donors (Lipinski definition) is 1. The van der Waals surface area contributed by atoms with Gasteiger partial charge in [-0.25, -0.2) is 0 Å². The number of carboxylic acid groups (broad SMARTS) is 1. The highest BCUT2D eigenvalue weighted by Crippen LogP contribution is 2.62. The molecule has 2 saturated carbocycles. The number of hydrogen-bond acceptors (Lipinski definition) is 2. The van der Waals surface area contributed by atoms with Gasteiger partial charge in [-0.3, -0.25) is 9.59 Å². The predicted molar refractivity (Wildman–Crippen MR) is 46.2 cm³/mol. The fraction of sp³-hybridized carbons (Fsp3) is 0.800. The van der Waals surface area contributed by atoms with Crippen LogP contribution in [0.25, 0.3) is 0 Å². The first kappa shape index (κ1) is 8.73. The molecular formula is C10H14O3. The molecule has 0 heterocycles. The van der Waals surface area contributed by atoms with Crippen LogP contribution in [-0.4, -0.2) is 16.9 Å². The lowest BCUT2D eigenvalue weighted by molar-refractivity contribution is -0.158. The largest absolute Gasteiger partial charge is 0.481 e. The van der Waals surface area contributed by atoms with Crippen molar-refractivity contribution in [2.75, 3.05) is 0 Å². The van der Waals surface area contributed by atoms with Crippen molar-refractivity contribution in [3.8, 4) is 0 Å². The minimum Gasteiger partial charge on any atom is -0.481 e. The SMILES string of the molecule is CC1(C)C(=O)[C@H]2CC[C@@]1(C(=O)O)C2. The van der Waals surface area contributed by atoms with Crippen LogP contribution in [0.4, 0.5) is 0 Å². The van der Waals surface area contributed by atoms with Gasteiger partial charge in [-0.05, 0) is 19.3 Å². The molecule has 2 bridgehead atoms. The summed E-state index contributed by atoms with van der Waals surface area (Å²) in [6.07, 6.45) is 2.01. The Morgan fingerprint density at radius 1 is 1.54 bits per heavy atom. The van der Waals surface area contributed by atoms with Gasteiger partial charge >= 0.3 is 5.97 Å². The van der Waals surface area contributed by atoms with Crippen LogP contribution in [0.15, 0.2) is 0 Å². The molecule has 1 N–H and O–H groups in total. The summed E-state index contributed by atoms with van der Waals surface area (Å²) in [6.45, 7) is 3.56. The number of carbonyl (C=O) groups is 2. The molecule has 2 aliphatic rings. The van der Waals surface area contributed by atoms with Crippen LogP contribution < -0.4 is 0 Å². The Labute approximate surface area is 77.1 Å². The first-order valence-electron chi connectivity index (χ1n) is 4.69. The summed E-state index contributed by atoms with van der Waals surface area (Å²) in [5.41, 5.74) is -1.41. The lowest BCUT2D eigenvalue weighted by atomic mass is 9.64. The van der Waals surface area contributed by atoms with Gasteiger partial charge in [-0.1, -0.05) is 13.8 Å². The van der Waals surface area contributed by atoms with E-state index in [9.17, 15) is 14.7 Å². The summed E-state index contributed by atoms with van der Waals surface area (Å²) in [4.78, 5) is 22.9. The predicted octanol–water partition coefficient (Wildman–Crippen LogP) is 1.47. The topological polar surface area (TPSA) is 54.4 Å². The number of ketones is 1. The van der Waals surface area contributed by atoms with Crippen LogP contribution in [-0.2, 0) is 9.59 Å². The van der Waals surface area contributed by atoms with E-state index in [1.165, 1.54) is 0 Å². The Morgan fingerprint density at radius 2 is 2.15 bits per heavy atom. The number of rotatable bonds is 1. The lowest BCUT2D eigenvalue weighted by Crippen LogP contribution is -2.44. The van der Waals surface area contributed by atoms with Gasteiger partial charge in [-0.2, -0.15) is 0 Å². The van der Waals surface area contributed by atoms with Gasteiger partial charge in [0.25, 0.3) is 0 Å². The van der Waals surface area contributed by atoms with E-state index in [1.54, 1.807) is 13.8 Å². The Hall–Kier alpha value is -0.860. The van der Waals surface area contributed by atoms with Gasteiger partial charge in [0.2, 0.25) is 0 Å². The summed E-state index contributed by atoms with van der Waals surface area (Å²) in [5.74, 6) is -0.613. The minimum absolute atomic E-state index is 0.0195. The third kappa shape index (κ3) is 0.754. The second-order valence-electron chi connectivity index (χ2n) is 4.82. The summed E-state index contributed by atoms with van der Waals surface area (Å²) >= 11 is 0. The molecule has 0 spiro atoms. The van der Waals surface area contributed by atoms with Crippen molar-refractivity contribution >= 4 is 11.8 Å². The van der Waals surface area contributed by atoms with E-state index in [-0.39, 0.29) is 11.7 Å².